The van der Waals surface area contributed by atoms with Gasteiger partial charge in [0.05, 0.1) is 17.8 Å². The Hall–Kier alpha value is -4.10. The third-order valence-corrected chi connectivity index (χ3v) is 5.90. The molecule has 0 atom stereocenters. The average molecular weight is 438 g/mol. The maximum atomic E-state index is 15.1. The summed E-state index contributed by atoms with van der Waals surface area (Å²) in [5.41, 5.74) is -0.293. The summed E-state index contributed by atoms with van der Waals surface area (Å²) in [6.45, 7) is 7.08. The van der Waals surface area contributed by atoms with Gasteiger partial charge in [0.1, 0.15) is 16.4 Å². The minimum Gasteiger partial charge on any atom is -0.345 e. The Morgan fingerprint density at radius 2 is 1.87 bits per heavy atom. The second-order valence-electron chi connectivity index (χ2n) is 6.44. The highest BCUT2D eigenvalue weighted by Crippen LogP contribution is 2.28. The van der Waals surface area contributed by atoms with Crippen LogP contribution in [0.4, 0.5) is 20.2 Å². The van der Waals surface area contributed by atoms with E-state index < -0.39 is 43.6 Å². The van der Waals surface area contributed by atoms with E-state index in [0.29, 0.717) is 11.0 Å². The second kappa shape index (κ2) is 7.62. The molecule has 4 rings (SSSR count). The van der Waals surface area contributed by atoms with E-state index in [1.807, 2.05) is 4.72 Å². The molecule has 0 aliphatic heterocycles. The Morgan fingerprint density at radius 3 is 2.61 bits per heavy atom. The summed E-state index contributed by atoms with van der Waals surface area (Å²) < 4.78 is 55.9. The van der Waals surface area contributed by atoms with Crippen LogP contribution in [0, 0.1) is 18.2 Å². The SMILES string of the molecule is [C-]#[N+]c1cnc2[nH]cc(C(=O)c3cccc(NS(=O)(=O)c4ccccc4F)c3F)c2c1. The molecule has 0 amide bonds. The minimum absolute atomic E-state index is 0.0704. The lowest BCUT2D eigenvalue weighted by Crippen LogP contribution is -2.16. The molecule has 2 N–H and O–H groups in total. The van der Waals surface area contributed by atoms with E-state index in [-0.39, 0.29) is 11.3 Å². The highest BCUT2D eigenvalue weighted by atomic mass is 32.2. The Kier molecular flexibility index (Phi) is 4.96. The lowest BCUT2D eigenvalue weighted by molar-refractivity contribution is 0.103. The van der Waals surface area contributed by atoms with Crippen LogP contribution in [0.15, 0.2) is 65.8 Å². The van der Waals surface area contributed by atoms with Crippen molar-refractivity contribution in [1.82, 2.24) is 9.97 Å². The van der Waals surface area contributed by atoms with Gasteiger partial charge in [-0.3, -0.25) is 14.5 Å². The van der Waals surface area contributed by atoms with Crippen molar-refractivity contribution in [3.63, 3.8) is 0 Å². The molecule has 0 saturated heterocycles. The van der Waals surface area contributed by atoms with Crippen LogP contribution in [0.5, 0.6) is 0 Å². The lowest BCUT2D eigenvalue weighted by atomic mass is 10.0. The van der Waals surface area contributed by atoms with Crippen molar-refractivity contribution >= 4 is 38.2 Å². The molecule has 0 aliphatic carbocycles. The van der Waals surface area contributed by atoms with E-state index >= 15 is 4.39 Å². The van der Waals surface area contributed by atoms with Gasteiger partial charge in [-0.15, -0.1) is 0 Å². The molecule has 0 radical (unpaired) electrons. The number of aromatic amines is 1. The third-order valence-electron chi connectivity index (χ3n) is 4.50. The number of ketones is 1. The van der Waals surface area contributed by atoms with Crippen LogP contribution in [0.2, 0.25) is 0 Å². The summed E-state index contributed by atoms with van der Waals surface area (Å²) >= 11 is 0. The molecule has 4 aromatic rings. The van der Waals surface area contributed by atoms with E-state index in [2.05, 4.69) is 14.8 Å². The predicted octanol–water partition coefficient (Wildman–Crippen LogP) is 4.42. The Morgan fingerprint density at radius 1 is 1.10 bits per heavy atom. The number of benzene rings is 2. The van der Waals surface area contributed by atoms with Crippen molar-refractivity contribution in [3.8, 4) is 0 Å². The first-order valence-electron chi connectivity index (χ1n) is 8.77. The fraction of sp³-hybridized carbons (Fsp3) is 0. The summed E-state index contributed by atoms with van der Waals surface area (Å²) in [5.74, 6) is -2.85. The van der Waals surface area contributed by atoms with Crippen LogP contribution in [-0.2, 0) is 10.0 Å². The number of H-pyrrole nitrogens is 1. The highest BCUT2D eigenvalue weighted by molar-refractivity contribution is 7.92. The first kappa shape index (κ1) is 20.2. The fourth-order valence-electron chi connectivity index (χ4n) is 3.04. The predicted molar refractivity (Wildman–Crippen MR) is 109 cm³/mol. The van der Waals surface area contributed by atoms with Crippen molar-refractivity contribution in [1.29, 1.82) is 0 Å². The number of fused-ring (bicyclic) bond motifs is 1. The molecule has 0 fully saturated rings. The largest absolute Gasteiger partial charge is 0.345 e. The monoisotopic (exact) mass is 438 g/mol. The van der Waals surface area contributed by atoms with Crippen molar-refractivity contribution in [3.05, 3.63) is 95.1 Å². The number of carbonyl (C=O) groups excluding carboxylic acids is 1. The quantitative estimate of drug-likeness (QED) is 0.356. The van der Waals surface area contributed by atoms with Gasteiger partial charge in [0.25, 0.3) is 10.0 Å². The molecule has 0 aliphatic rings. The average Bonchev–Trinajstić information content (AvgIpc) is 3.18. The van der Waals surface area contributed by atoms with Crippen molar-refractivity contribution in [2.75, 3.05) is 4.72 Å². The molecule has 0 spiro atoms. The van der Waals surface area contributed by atoms with Gasteiger partial charge in [-0.1, -0.05) is 18.2 Å². The van der Waals surface area contributed by atoms with Gasteiger partial charge >= 0.3 is 0 Å². The normalized spacial score (nSPS) is 11.3. The van der Waals surface area contributed by atoms with Crippen molar-refractivity contribution in [2.45, 2.75) is 4.90 Å². The molecule has 31 heavy (non-hydrogen) atoms. The molecule has 0 unspecified atom stereocenters. The number of nitrogens with zero attached hydrogens (tertiary/aromatic N) is 2. The summed E-state index contributed by atoms with van der Waals surface area (Å²) in [4.78, 5) is 22.4. The van der Waals surface area contributed by atoms with Crippen LogP contribution in [0.1, 0.15) is 15.9 Å². The molecule has 7 nitrogen and oxygen atoms in total. The molecule has 154 valence electrons. The van der Waals surface area contributed by atoms with Gasteiger partial charge in [-0.2, -0.15) is 0 Å². The lowest BCUT2D eigenvalue weighted by Gasteiger charge is -2.11. The number of sulfonamides is 1. The maximum absolute atomic E-state index is 15.1. The fourth-order valence-corrected chi connectivity index (χ4v) is 4.17. The molecule has 2 heterocycles. The van der Waals surface area contributed by atoms with Gasteiger partial charge in [0.15, 0.2) is 11.6 Å². The zero-order chi connectivity index (χ0) is 22.2. The van der Waals surface area contributed by atoms with Crippen LogP contribution in [-0.4, -0.2) is 24.2 Å². The van der Waals surface area contributed by atoms with Crippen LogP contribution in [0.3, 0.4) is 0 Å². The third kappa shape index (κ3) is 3.62. The van der Waals surface area contributed by atoms with Crippen LogP contribution < -0.4 is 4.72 Å². The molecule has 0 bridgehead atoms. The molecule has 0 saturated carbocycles. The molecule has 10 heteroatoms. The maximum Gasteiger partial charge on any atom is 0.264 e. The van der Waals surface area contributed by atoms with E-state index in [1.54, 1.807) is 0 Å². The first-order chi connectivity index (χ1) is 14.8. The second-order valence-corrected chi connectivity index (χ2v) is 8.09. The highest BCUT2D eigenvalue weighted by Gasteiger charge is 2.24. The summed E-state index contributed by atoms with van der Waals surface area (Å²) in [5, 5.41) is 0.329. The molecular formula is C21H12F2N4O3S. The van der Waals surface area contributed by atoms with Crippen molar-refractivity contribution in [2.24, 2.45) is 0 Å². The Bertz CT molecular complexity index is 1490. The van der Waals surface area contributed by atoms with Crippen molar-refractivity contribution < 1.29 is 22.0 Å². The number of carbonyl (C=O) groups is 1. The standard InChI is InChI=1S/C21H12F2N4O3S/c1-24-12-9-14-15(11-26-21(14)25-10-12)20(28)13-5-4-7-17(19(13)23)27-31(29,30)18-8-3-2-6-16(18)22/h2-11,27H,(H,25,26). The van der Waals surface area contributed by atoms with Gasteiger partial charge in [0, 0.05) is 23.3 Å². The van der Waals surface area contributed by atoms with Crippen LogP contribution in [0.25, 0.3) is 15.9 Å². The number of hydrogen-bond acceptors (Lipinski definition) is 4. The number of nitrogens with one attached hydrogen (secondary N) is 2. The molecule has 2 aromatic heterocycles. The summed E-state index contributed by atoms with van der Waals surface area (Å²) in [6, 6.07) is 9.72. The van der Waals surface area contributed by atoms with Gasteiger partial charge in [0.2, 0.25) is 5.69 Å². The van der Waals surface area contributed by atoms with E-state index in [0.717, 1.165) is 18.2 Å². The summed E-state index contributed by atoms with van der Waals surface area (Å²) in [7, 11) is -4.43. The minimum atomic E-state index is -4.43. The zero-order valence-corrected chi connectivity index (χ0v) is 16.4. The van der Waals surface area contributed by atoms with E-state index in [4.69, 9.17) is 6.57 Å². The number of rotatable bonds is 5. The number of pyridine rings is 1. The molecular weight excluding hydrogens is 426 g/mol. The number of halogens is 2. The smallest absolute Gasteiger partial charge is 0.264 e. The Labute approximate surface area is 175 Å². The number of aromatic nitrogens is 2. The van der Waals surface area contributed by atoms with E-state index in [1.165, 1.54) is 42.7 Å². The molecule has 2 aromatic carbocycles. The first-order valence-corrected chi connectivity index (χ1v) is 10.3. The van der Waals surface area contributed by atoms with Crippen LogP contribution >= 0.6 is 0 Å². The summed E-state index contributed by atoms with van der Waals surface area (Å²) in [6.07, 6.45) is 2.67. The Balaban J connectivity index is 1.74. The van der Waals surface area contributed by atoms with Gasteiger partial charge in [-0.05, 0) is 30.3 Å². The van der Waals surface area contributed by atoms with Gasteiger partial charge in [-0.25, -0.2) is 22.0 Å². The number of anilines is 1. The topological polar surface area (TPSA) is 96.3 Å². The van der Waals surface area contributed by atoms with Gasteiger partial charge < -0.3 is 4.98 Å². The van der Waals surface area contributed by atoms with E-state index in [9.17, 15) is 17.6 Å². The zero-order valence-electron chi connectivity index (χ0n) is 15.6. The number of hydrogen-bond donors (Lipinski definition) is 2.